The molecule has 1 saturated heterocycles. The Kier molecular flexibility index (Phi) is 3.85. The number of hydrogen-bond acceptors (Lipinski definition) is 4. The van der Waals surface area contributed by atoms with Crippen LogP contribution in [0.25, 0.3) is 11.0 Å². The zero-order valence-electron chi connectivity index (χ0n) is 13.2. The maximum Gasteiger partial charge on any atom is 0.311 e. The normalized spacial score (nSPS) is 21.0. The molecule has 0 bridgehead atoms. The molecule has 2 aromatic rings. The van der Waals surface area contributed by atoms with Gasteiger partial charge in [-0.1, -0.05) is 18.2 Å². The van der Waals surface area contributed by atoms with E-state index in [-0.39, 0.29) is 24.8 Å². The fraction of sp³-hybridized carbons (Fsp3) is 0.412. The van der Waals surface area contributed by atoms with Gasteiger partial charge in [-0.25, -0.2) is 0 Å². The van der Waals surface area contributed by atoms with E-state index in [0.29, 0.717) is 24.1 Å². The number of carboxylic acid groups (broad SMARTS) is 1. The fourth-order valence-corrected chi connectivity index (χ4v) is 3.01. The predicted molar refractivity (Wildman–Crippen MR) is 83.2 cm³/mol. The minimum absolute atomic E-state index is 0.185. The molecule has 1 fully saturated rings. The van der Waals surface area contributed by atoms with Gasteiger partial charge in [-0.3, -0.25) is 9.59 Å². The van der Waals surface area contributed by atoms with E-state index >= 15 is 0 Å². The van der Waals surface area contributed by atoms with Gasteiger partial charge in [0.15, 0.2) is 5.76 Å². The monoisotopic (exact) mass is 317 g/mol. The zero-order valence-corrected chi connectivity index (χ0v) is 13.2. The van der Waals surface area contributed by atoms with Crippen molar-refractivity contribution in [2.24, 2.45) is 5.41 Å². The lowest BCUT2D eigenvalue weighted by Crippen LogP contribution is -2.35. The Morgan fingerprint density at radius 2 is 2.13 bits per heavy atom. The summed E-state index contributed by atoms with van der Waals surface area (Å²) in [5, 5.41) is 10.2. The number of nitrogens with zero attached hydrogens (tertiary/aromatic N) is 1. The molecule has 6 nitrogen and oxygen atoms in total. The second kappa shape index (κ2) is 5.70. The first-order chi connectivity index (χ1) is 11.0. The largest absolute Gasteiger partial charge is 0.481 e. The SMILES string of the molecule is COCc1c(C(=O)N2CCC(C)(C(=O)O)C2)oc2ccccc12. The quantitative estimate of drug-likeness (QED) is 0.937. The van der Waals surface area contributed by atoms with Crippen LogP contribution in [-0.2, 0) is 16.1 Å². The van der Waals surface area contributed by atoms with Gasteiger partial charge in [-0.15, -0.1) is 0 Å². The highest BCUT2D eigenvalue weighted by molar-refractivity contribution is 5.99. The van der Waals surface area contributed by atoms with E-state index in [1.165, 1.54) is 0 Å². The van der Waals surface area contributed by atoms with Crippen molar-refractivity contribution >= 4 is 22.8 Å². The lowest BCUT2D eigenvalue weighted by Gasteiger charge is -2.19. The Morgan fingerprint density at radius 3 is 2.78 bits per heavy atom. The fourth-order valence-electron chi connectivity index (χ4n) is 3.01. The summed E-state index contributed by atoms with van der Waals surface area (Å²) in [6.07, 6.45) is 0.438. The number of fused-ring (bicyclic) bond motifs is 1. The van der Waals surface area contributed by atoms with Crippen LogP contribution in [-0.4, -0.2) is 42.1 Å². The van der Waals surface area contributed by atoms with Crippen LogP contribution >= 0.6 is 0 Å². The summed E-state index contributed by atoms with van der Waals surface area (Å²) >= 11 is 0. The molecule has 0 spiro atoms. The maximum atomic E-state index is 12.8. The molecular weight excluding hydrogens is 298 g/mol. The number of hydrogen-bond donors (Lipinski definition) is 1. The number of benzene rings is 1. The van der Waals surface area contributed by atoms with E-state index in [9.17, 15) is 14.7 Å². The molecule has 0 aliphatic carbocycles. The van der Waals surface area contributed by atoms with Crippen molar-refractivity contribution in [3.63, 3.8) is 0 Å². The summed E-state index contributed by atoms with van der Waals surface area (Å²) in [7, 11) is 1.56. The molecule has 1 N–H and O–H groups in total. The Bertz CT molecular complexity index is 765. The molecular formula is C17H19NO5. The van der Waals surface area contributed by atoms with Crippen LogP contribution < -0.4 is 0 Å². The van der Waals surface area contributed by atoms with E-state index < -0.39 is 11.4 Å². The first kappa shape index (κ1) is 15.6. The minimum atomic E-state index is -0.900. The Morgan fingerprint density at radius 1 is 1.39 bits per heavy atom. The van der Waals surface area contributed by atoms with Gasteiger partial charge in [0.2, 0.25) is 0 Å². The molecule has 1 aromatic carbocycles. The van der Waals surface area contributed by atoms with Crippen molar-refractivity contribution in [3.8, 4) is 0 Å². The summed E-state index contributed by atoms with van der Waals surface area (Å²) in [4.78, 5) is 25.7. The van der Waals surface area contributed by atoms with E-state index in [4.69, 9.17) is 9.15 Å². The van der Waals surface area contributed by atoms with Crippen LogP contribution in [0.4, 0.5) is 0 Å². The predicted octanol–water partition coefficient (Wildman–Crippen LogP) is 2.52. The molecule has 2 heterocycles. The molecule has 3 rings (SSSR count). The molecule has 1 aromatic heterocycles. The molecule has 1 aliphatic rings. The van der Waals surface area contributed by atoms with Crippen molar-refractivity contribution in [2.75, 3.05) is 20.2 Å². The number of furan rings is 1. The van der Waals surface area contributed by atoms with Gasteiger partial charge in [0.05, 0.1) is 12.0 Å². The van der Waals surface area contributed by atoms with Gasteiger partial charge in [0, 0.05) is 31.1 Å². The minimum Gasteiger partial charge on any atom is -0.481 e. The van der Waals surface area contributed by atoms with E-state index in [2.05, 4.69) is 0 Å². The topological polar surface area (TPSA) is 80.0 Å². The molecule has 23 heavy (non-hydrogen) atoms. The first-order valence-electron chi connectivity index (χ1n) is 7.48. The number of likely N-dealkylation sites (tertiary alicyclic amines) is 1. The van der Waals surface area contributed by atoms with Crippen molar-refractivity contribution in [2.45, 2.75) is 20.0 Å². The number of para-hydroxylation sites is 1. The lowest BCUT2D eigenvalue weighted by molar-refractivity contribution is -0.147. The summed E-state index contributed by atoms with van der Waals surface area (Å²) < 4.78 is 10.9. The van der Waals surface area contributed by atoms with Crippen LogP contribution in [0.2, 0.25) is 0 Å². The average molecular weight is 317 g/mol. The van der Waals surface area contributed by atoms with E-state index in [0.717, 1.165) is 5.39 Å². The molecule has 0 saturated carbocycles. The molecule has 122 valence electrons. The molecule has 0 radical (unpaired) electrons. The van der Waals surface area contributed by atoms with Crippen molar-refractivity contribution in [3.05, 3.63) is 35.6 Å². The standard InChI is InChI=1S/C17H19NO5/c1-17(16(20)21)7-8-18(10-17)15(19)14-12(9-22-2)11-5-3-4-6-13(11)23-14/h3-6H,7-10H2,1-2H3,(H,20,21). The highest BCUT2D eigenvalue weighted by Crippen LogP contribution is 2.33. The van der Waals surface area contributed by atoms with Gasteiger partial charge in [0.1, 0.15) is 5.58 Å². The van der Waals surface area contributed by atoms with Crippen molar-refractivity contribution in [1.82, 2.24) is 4.90 Å². The second-order valence-electron chi connectivity index (χ2n) is 6.18. The summed E-state index contributed by atoms with van der Waals surface area (Å²) in [5.41, 5.74) is 0.434. The van der Waals surface area contributed by atoms with Crippen LogP contribution in [0, 0.1) is 5.41 Å². The highest BCUT2D eigenvalue weighted by atomic mass is 16.5. The smallest absolute Gasteiger partial charge is 0.311 e. The molecule has 1 atom stereocenters. The van der Waals surface area contributed by atoms with Crippen LogP contribution in [0.3, 0.4) is 0 Å². The second-order valence-corrected chi connectivity index (χ2v) is 6.18. The third kappa shape index (κ3) is 2.59. The number of methoxy groups -OCH3 is 1. The van der Waals surface area contributed by atoms with Crippen LogP contribution in [0.5, 0.6) is 0 Å². The Balaban J connectivity index is 1.95. The van der Waals surface area contributed by atoms with Gasteiger partial charge in [0.25, 0.3) is 5.91 Å². The molecule has 1 amide bonds. The van der Waals surface area contributed by atoms with Crippen molar-refractivity contribution < 1.29 is 23.8 Å². The third-order valence-electron chi connectivity index (χ3n) is 4.46. The number of carbonyl (C=O) groups is 2. The van der Waals surface area contributed by atoms with Gasteiger partial charge in [-0.05, 0) is 19.4 Å². The Hall–Kier alpha value is -2.34. The van der Waals surface area contributed by atoms with Crippen LogP contribution in [0.15, 0.2) is 28.7 Å². The number of carbonyl (C=O) groups excluding carboxylic acids is 1. The lowest BCUT2D eigenvalue weighted by atomic mass is 9.90. The first-order valence-corrected chi connectivity index (χ1v) is 7.48. The maximum absolute atomic E-state index is 12.8. The highest BCUT2D eigenvalue weighted by Gasteiger charge is 2.43. The molecule has 6 heteroatoms. The number of amides is 1. The van der Waals surface area contributed by atoms with Gasteiger partial charge >= 0.3 is 5.97 Å². The average Bonchev–Trinajstić information content (AvgIpc) is 3.10. The number of carboxylic acids is 1. The van der Waals surface area contributed by atoms with Crippen molar-refractivity contribution in [1.29, 1.82) is 0 Å². The summed E-state index contributed by atoms with van der Waals surface area (Å²) in [6, 6.07) is 7.41. The van der Waals surface area contributed by atoms with Crippen LogP contribution in [0.1, 0.15) is 29.5 Å². The number of rotatable bonds is 4. The third-order valence-corrected chi connectivity index (χ3v) is 4.46. The van der Waals surface area contributed by atoms with E-state index in [1.807, 2.05) is 18.2 Å². The summed E-state index contributed by atoms with van der Waals surface area (Å²) in [5.74, 6) is -0.921. The Labute approximate surface area is 133 Å². The van der Waals surface area contributed by atoms with Gasteiger partial charge < -0.3 is 19.2 Å². The summed E-state index contributed by atoms with van der Waals surface area (Å²) in [6.45, 7) is 2.52. The zero-order chi connectivity index (χ0) is 16.6. The van der Waals surface area contributed by atoms with E-state index in [1.54, 1.807) is 25.0 Å². The molecule has 1 unspecified atom stereocenters. The van der Waals surface area contributed by atoms with Gasteiger partial charge in [-0.2, -0.15) is 0 Å². The molecule has 1 aliphatic heterocycles. The number of ether oxygens (including phenoxy) is 1. The number of aliphatic carboxylic acids is 1.